The van der Waals surface area contributed by atoms with Crippen LogP contribution in [0.2, 0.25) is 5.02 Å². The van der Waals surface area contributed by atoms with Crippen molar-refractivity contribution >= 4 is 46.2 Å². The number of methoxy groups -OCH3 is 1. The number of hydrogen-bond donors (Lipinski definition) is 1. The van der Waals surface area contributed by atoms with Crippen molar-refractivity contribution in [2.75, 3.05) is 7.11 Å². The number of aliphatic imine (C=N–C) groups is 1. The molecule has 0 radical (unpaired) electrons. The Labute approximate surface area is 189 Å². The zero-order valence-electron chi connectivity index (χ0n) is 16.7. The van der Waals surface area contributed by atoms with Gasteiger partial charge in [-0.3, -0.25) is 4.79 Å². The van der Waals surface area contributed by atoms with Crippen LogP contribution in [0.5, 0.6) is 11.5 Å². The highest BCUT2D eigenvalue weighted by atomic mass is 35.5. The van der Waals surface area contributed by atoms with Crippen molar-refractivity contribution in [1.82, 2.24) is 5.32 Å². The lowest BCUT2D eigenvalue weighted by Crippen LogP contribution is -2.19. The molecule has 0 aromatic heterocycles. The number of ether oxygens (including phenoxy) is 2. The summed E-state index contributed by atoms with van der Waals surface area (Å²) in [6, 6.07) is 22.5. The second-order valence-electron chi connectivity index (χ2n) is 6.66. The summed E-state index contributed by atoms with van der Waals surface area (Å²) >= 11 is 7.21. The Kier molecular flexibility index (Phi) is 6.60. The minimum Gasteiger partial charge on any atom is -0.497 e. The Balaban J connectivity index is 1.39. The third-order valence-corrected chi connectivity index (χ3v) is 5.61. The lowest BCUT2D eigenvalue weighted by molar-refractivity contribution is -0.115. The number of carbonyl (C=O) groups excluding carboxylic acids is 1. The van der Waals surface area contributed by atoms with Crippen LogP contribution in [-0.2, 0) is 11.4 Å². The van der Waals surface area contributed by atoms with Gasteiger partial charge in [-0.25, -0.2) is 4.99 Å². The normalized spacial score (nSPS) is 15.9. The Morgan fingerprint density at radius 1 is 0.968 bits per heavy atom. The fourth-order valence-corrected chi connectivity index (χ4v) is 3.78. The van der Waals surface area contributed by atoms with Crippen molar-refractivity contribution < 1.29 is 14.3 Å². The number of halogens is 1. The number of nitrogens with zero attached hydrogens (tertiary/aromatic N) is 1. The summed E-state index contributed by atoms with van der Waals surface area (Å²) in [4.78, 5) is 17.4. The van der Waals surface area contributed by atoms with Crippen LogP contribution in [0.25, 0.3) is 6.08 Å². The molecule has 5 nitrogen and oxygen atoms in total. The second kappa shape index (κ2) is 9.73. The molecule has 3 aromatic rings. The molecule has 1 aliphatic rings. The number of amidine groups is 1. The Bertz CT molecular complexity index is 1120. The topological polar surface area (TPSA) is 59.9 Å². The number of amides is 1. The van der Waals surface area contributed by atoms with Crippen molar-refractivity contribution in [1.29, 1.82) is 0 Å². The quantitative estimate of drug-likeness (QED) is 0.481. The molecule has 1 aliphatic heterocycles. The fourth-order valence-electron chi connectivity index (χ4n) is 2.81. The van der Waals surface area contributed by atoms with Gasteiger partial charge in [-0.2, -0.15) is 0 Å². The van der Waals surface area contributed by atoms with Crippen molar-refractivity contribution in [3.05, 3.63) is 93.9 Å². The molecule has 0 aliphatic carbocycles. The van der Waals surface area contributed by atoms with E-state index in [4.69, 9.17) is 21.1 Å². The summed E-state index contributed by atoms with van der Waals surface area (Å²) in [6.07, 6.45) is 1.83. The average Bonchev–Trinajstić information content (AvgIpc) is 3.13. The molecule has 0 atom stereocenters. The maximum Gasteiger partial charge on any atom is 0.264 e. The van der Waals surface area contributed by atoms with E-state index in [-0.39, 0.29) is 5.91 Å². The molecular weight excluding hydrogens is 432 g/mol. The Hall–Kier alpha value is -3.22. The van der Waals surface area contributed by atoms with Crippen molar-refractivity contribution in [3.63, 3.8) is 0 Å². The van der Waals surface area contributed by atoms with Gasteiger partial charge in [-0.05, 0) is 77.5 Å². The van der Waals surface area contributed by atoms with Crippen LogP contribution < -0.4 is 14.8 Å². The monoisotopic (exact) mass is 450 g/mol. The molecule has 0 saturated carbocycles. The number of rotatable bonds is 6. The third-order valence-electron chi connectivity index (χ3n) is 4.45. The summed E-state index contributed by atoms with van der Waals surface area (Å²) in [5.41, 5.74) is 2.69. The van der Waals surface area contributed by atoms with Gasteiger partial charge in [0.2, 0.25) is 0 Å². The molecule has 3 aromatic carbocycles. The molecular formula is C24H19ClN2O3S. The predicted octanol–water partition coefficient (Wildman–Crippen LogP) is 5.82. The van der Waals surface area contributed by atoms with Gasteiger partial charge >= 0.3 is 0 Å². The van der Waals surface area contributed by atoms with Gasteiger partial charge in [0.1, 0.15) is 18.1 Å². The maximum absolute atomic E-state index is 12.3. The van der Waals surface area contributed by atoms with E-state index in [1.165, 1.54) is 11.8 Å². The Morgan fingerprint density at radius 2 is 1.65 bits per heavy atom. The summed E-state index contributed by atoms with van der Waals surface area (Å²) < 4.78 is 10.9. The molecule has 0 spiro atoms. The largest absolute Gasteiger partial charge is 0.497 e. The van der Waals surface area contributed by atoms with Crippen LogP contribution in [-0.4, -0.2) is 18.2 Å². The van der Waals surface area contributed by atoms with Crippen LogP contribution in [0.1, 0.15) is 11.1 Å². The van der Waals surface area contributed by atoms with E-state index in [0.717, 1.165) is 28.3 Å². The van der Waals surface area contributed by atoms with Gasteiger partial charge in [0.05, 0.1) is 17.7 Å². The summed E-state index contributed by atoms with van der Waals surface area (Å²) in [5, 5.41) is 4.04. The first-order valence-corrected chi connectivity index (χ1v) is 10.7. The molecule has 31 heavy (non-hydrogen) atoms. The summed E-state index contributed by atoms with van der Waals surface area (Å²) in [7, 11) is 1.61. The molecule has 1 heterocycles. The summed E-state index contributed by atoms with van der Waals surface area (Å²) in [5.74, 6) is 1.34. The highest BCUT2D eigenvalue weighted by Gasteiger charge is 2.23. The van der Waals surface area contributed by atoms with Gasteiger partial charge in [0.15, 0.2) is 5.17 Å². The van der Waals surface area contributed by atoms with Gasteiger partial charge in [-0.15, -0.1) is 0 Å². The number of benzene rings is 3. The molecule has 1 N–H and O–H groups in total. The average molecular weight is 451 g/mol. The van der Waals surface area contributed by atoms with Crippen LogP contribution in [0, 0.1) is 0 Å². The van der Waals surface area contributed by atoms with Crippen LogP contribution in [0.3, 0.4) is 0 Å². The van der Waals surface area contributed by atoms with E-state index >= 15 is 0 Å². The van der Waals surface area contributed by atoms with E-state index in [0.29, 0.717) is 21.7 Å². The second-order valence-corrected chi connectivity index (χ2v) is 8.13. The lowest BCUT2D eigenvalue weighted by Gasteiger charge is -2.06. The first kappa shape index (κ1) is 21.0. The van der Waals surface area contributed by atoms with E-state index in [1.54, 1.807) is 7.11 Å². The van der Waals surface area contributed by atoms with E-state index in [2.05, 4.69) is 10.3 Å². The first-order chi connectivity index (χ1) is 15.1. The van der Waals surface area contributed by atoms with Gasteiger partial charge in [0.25, 0.3) is 5.91 Å². The molecule has 1 saturated heterocycles. The lowest BCUT2D eigenvalue weighted by atomic mass is 10.2. The van der Waals surface area contributed by atoms with Crippen molar-refractivity contribution in [2.24, 2.45) is 4.99 Å². The zero-order valence-corrected chi connectivity index (χ0v) is 18.2. The molecule has 4 rings (SSSR count). The highest BCUT2D eigenvalue weighted by Crippen LogP contribution is 2.29. The summed E-state index contributed by atoms with van der Waals surface area (Å²) in [6.45, 7) is 0.459. The highest BCUT2D eigenvalue weighted by molar-refractivity contribution is 8.18. The molecule has 156 valence electrons. The van der Waals surface area contributed by atoms with Gasteiger partial charge in [-0.1, -0.05) is 35.9 Å². The predicted molar refractivity (Wildman–Crippen MR) is 126 cm³/mol. The molecule has 7 heteroatoms. The van der Waals surface area contributed by atoms with Crippen LogP contribution in [0.15, 0.2) is 82.7 Å². The van der Waals surface area contributed by atoms with Crippen molar-refractivity contribution in [3.8, 4) is 11.5 Å². The third kappa shape index (κ3) is 5.69. The maximum atomic E-state index is 12.3. The SMILES string of the molecule is COc1ccc(N=C2NC(=O)/C(=C/c3ccc(OCc4ccc(Cl)cc4)cc3)S2)cc1. The number of carbonyl (C=O) groups is 1. The minimum absolute atomic E-state index is 0.166. The smallest absolute Gasteiger partial charge is 0.264 e. The fraction of sp³-hybridized carbons (Fsp3) is 0.0833. The van der Waals surface area contributed by atoms with Crippen molar-refractivity contribution in [2.45, 2.75) is 6.61 Å². The number of nitrogens with one attached hydrogen (secondary N) is 1. The van der Waals surface area contributed by atoms with E-state index in [9.17, 15) is 4.79 Å². The Morgan fingerprint density at radius 3 is 2.32 bits per heavy atom. The van der Waals surface area contributed by atoms with E-state index < -0.39 is 0 Å². The molecule has 0 bridgehead atoms. The molecule has 0 unspecified atom stereocenters. The standard InChI is InChI=1S/C24H19ClN2O3S/c1-29-20-12-8-19(9-13-20)26-24-27-23(28)22(31-24)14-16-4-10-21(11-5-16)30-15-17-2-6-18(25)7-3-17/h2-14H,15H2,1H3,(H,26,27,28)/b22-14-. The zero-order chi connectivity index (χ0) is 21.6. The number of thioether (sulfide) groups is 1. The van der Waals surface area contributed by atoms with Gasteiger partial charge in [0, 0.05) is 5.02 Å². The van der Waals surface area contributed by atoms with Crippen LogP contribution >= 0.6 is 23.4 Å². The minimum atomic E-state index is -0.166. The van der Waals surface area contributed by atoms with E-state index in [1.807, 2.05) is 78.9 Å². The number of hydrogen-bond acceptors (Lipinski definition) is 5. The van der Waals surface area contributed by atoms with Gasteiger partial charge < -0.3 is 14.8 Å². The van der Waals surface area contributed by atoms with Crippen LogP contribution in [0.4, 0.5) is 5.69 Å². The molecule has 1 fully saturated rings. The molecule has 1 amide bonds. The first-order valence-electron chi connectivity index (χ1n) is 9.50.